The Balaban J connectivity index is 2.07. The molecule has 1 unspecified atom stereocenters. The zero-order valence-corrected chi connectivity index (χ0v) is 17.5. The van der Waals surface area contributed by atoms with Crippen LogP contribution in [0.4, 0.5) is 0 Å². The van der Waals surface area contributed by atoms with E-state index in [2.05, 4.69) is 37.9 Å². The Morgan fingerprint density at radius 3 is 2.04 bits per heavy atom. The van der Waals surface area contributed by atoms with E-state index in [1.54, 1.807) is 19.2 Å². The maximum absolute atomic E-state index is 12.9. The Kier molecular flexibility index (Phi) is 8.33. The van der Waals surface area contributed by atoms with Gasteiger partial charge in [0.2, 0.25) is 6.10 Å². The van der Waals surface area contributed by atoms with E-state index in [4.69, 9.17) is 9.47 Å². The molecule has 0 saturated carbocycles. The summed E-state index contributed by atoms with van der Waals surface area (Å²) in [6, 6.07) is 17.7. The lowest BCUT2D eigenvalue weighted by Gasteiger charge is -2.30. The summed E-state index contributed by atoms with van der Waals surface area (Å²) in [5, 5.41) is 3.03. The van der Waals surface area contributed by atoms with Crippen molar-refractivity contribution in [2.75, 3.05) is 20.2 Å². The number of hydrogen-bond donors (Lipinski definition) is 1. The largest absolute Gasteiger partial charge is 0.497 e. The van der Waals surface area contributed by atoms with Crippen molar-refractivity contribution in [3.05, 3.63) is 60.2 Å². The van der Waals surface area contributed by atoms with Crippen LogP contribution >= 0.6 is 0 Å². The van der Waals surface area contributed by atoms with E-state index in [1.807, 2.05) is 42.5 Å². The van der Waals surface area contributed by atoms with Gasteiger partial charge in [-0.15, -0.1) is 0 Å². The summed E-state index contributed by atoms with van der Waals surface area (Å²) in [5.74, 6) is 1.22. The maximum Gasteiger partial charge on any atom is 0.265 e. The maximum atomic E-state index is 12.9. The number of carbonyl (C=O) groups is 1. The number of methoxy groups -OCH3 is 1. The molecule has 0 aliphatic heterocycles. The van der Waals surface area contributed by atoms with Crippen LogP contribution < -0.4 is 14.8 Å². The lowest BCUT2D eigenvalue weighted by atomic mass is 10.1. The van der Waals surface area contributed by atoms with Crippen LogP contribution in [0, 0.1) is 0 Å². The number of carbonyl (C=O) groups excluding carboxylic acids is 1. The van der Waals surface area contributed by atoms with Crippen molar-refractivity contribution < 1.29 is 14.3 Å². The van der Waals surface area contributed by atoms with Crippen LogP contribution in [0.1, 0.15) is 39.4 Å². The Hall–Kier alpha value is -2.53. The van der Waals surface area contributed by atoms with Crippen LogP contribution in [-0.4, -0.2) is 43.1 Å². The monoisotopic (exact) mass is 384 g/mol. The van der Waals surface area contributed by atoms with Gasteiger partial charge in [0.1, 0.15) is 11.5 Å². The predicted octanol–water partition coefficient (Wildman–Crippen LogP) is 4.05. The molecule has 0 heterocycles. The van der Waals surface area contributed by atoms with Crippen LogP contribution in [-0.2, 0) is 4.79 Å². The van der Waals surface area contributed by atoms with Gasteiger partial charge in [0, 0.05) is 30.7 Å². The molecule has 0 radical (unpaired) electrons. The summed E-state index contributed by atoms with van der Waals surface area (Å²) in [4.78, 5) is 15.3. The average molecular weight is 385 g/mol. The first-order valence-corrected chi connectivity index (χ1v) is 9.81. The van der Waals surface area contributed by atoms with Gasteiger partial charge in [-0.05, 0) is 52.0 Å². The SMILES string of the molecule is COc1ccc(OC(C(=O)NCCN(C(C)C)C(C)C)c2ccccc2)cc1. The van der Waals surface area contributed by atoms with Crippen LogP contribution in [0.5, 0.6) is 11.5 Å². The minimum absolute atomic E-state index is 0.144. The molecule has 2 aromatic carbocycles. The molecule has 152 valence electrons. The molecule has 0 bridgehead atoms. The molecule has 0 saturated heterocycles. The zero-order valence-electron chi connectivity index (χ0n) is 17.5. The molecule has 0 fully saturated rings. The molecule has 28 heavy (non-hydrogen) atoms. The summed E-state index contributed by atoms with van der Waals surface area (Å²) in [5.41, 5.74) is 0.820. The first kappa shape index (κ1) is 21.8. The zero-order chi connectivity index (χ0) is 20.5. The Labute approximate surface area is 168 Å². The summed E-state index contributed by atoms with van der Waals surface area (Å²) >= 11 is 0. The van der Waals surface area contributed by atoms with Gasteiger partial charge in [0.15, 0.2) is 0 Å². The van der Waals surface area contributed by atoms with Gasteiger partial charge < -0.3 is 14.8 Å². The van der Waals surface area contributed by atoms with Crippen LogP contribution in [0.25, 0.3) is 0 Å². The molecule has 1 N–H and O–H groups in total. The molecule has 0 aromatic heterocycles. The summed E-state index contributed by atoms with van der Waals surface area (Å²) in [7, 11) is 1.62. The van der Waals surface area contributed by atoms with Crippen molar-refractivity contribution in [1.29, 1.82) is 0 Å². The lowest BCUT2D eigenvalue weighted by Crippen LogP contribution is -2.43. The van der Waals surface area contributed by atoms with E-state index < -0.39 is 6.10 Å². The molecule has 0 spiro atoms. The average Bonchev–Trinajstić information content (AvgIpc) is 2.69. The smallest absolute Gasteiger partial charge is 0.265 e. The van der Waals surface area contributed by atoms with Gasteiger partial charge in [0.05, 0.1) is 7.11 Å². The van der Waals surface area contributed by atoms with E-state index in [0.717, 1.165) is 17.9 Å². The van der Waals surface area contributed by atoms with Crippen molar-refractivity contribution in [3.63, 3.8) is 0 Å². The highest BCUT2D eigenvalue weighted by Crippen LogP contribution is 2.24. The van der Waals surface area contributed by atoms with E-state index in [9.17, 15) is 4.79 Å². The number of amides is 1. The number of ether oxygens (including phenoxy) is 2. The molecular weight excluding hydrogens is 352 g/mol. The molecule has 0 aliphatic rings. The van der Waals surface area contributed by atoms with Crippen molar-refractivity contribution in [1.82, 2.24) is 10.2 Å². The first-order valence-electron chi connectivity index (χ1n) is 9.81. The minimum Gasteiger partial charge on any atom is -0.497 e. The number of nitrogens with zero attached hydrogens (tertiary/aromatic N) is 1. The second-order valence-corrected chi connectivity index (χ2v) is 7.30. The highest BCUT2D eigenvalue weighted by atomic mass is 16.5. The summed E-state index contributed by atoms with van der Waals surface area (Å²) < 4.78 is 11.2. The number of rotatable bonds is 10. The van der Waals surface area contributed by atoms with E-state index in [-0.39, 0.29) is 5.91 Å². The van der Waals surface area contributed by atoms with Gasteiger partial charge in [-0.2, -0.15) is 0 Å². The van der Waals surface area contributed by atoms with Gasteiger partial charge in [0.25, 0.3) is 5.91 Å². The second kappa shape index (κ2) is 10.7. The van der Waals surface area contributed by atoms with Crippen molar-refractivity contribution in [3.8, 4) is 11.5 Å². The third-order valence-electron chi connectivity index (χ3n) is 4.65. The first-order chi connectivity index (χ1) is 13.4. The fraction of sp³-hybridized carbons (Fsp3) is 0.435. The van der Waals surface area contributed by atoms with E-state index >= 15 is 0 Å². The molecular formula is C23H32N2O3. The fourth-order valence-corrected chi connectivity index (χ4v) is 3.20. The summed E-state index contributed by atoms with van der Waals surface area (Å²) in [6.07, 6.45) is -0.707. The highest BCUT2D eigenvalue weighted by molar-refractivity contribution is 5.82. The Bertz CT molecular complexity index is 706. The van der Waals surface area contributed by atoms with E-state index in [1.165, 1.54) is 0 Å². The van der Waals surface area contributed by atoms with Crippen molar-refractivity contribution in [2.45, 2.75) is 45.9 Å². The van der Waals surface area contributed by atoms with Crippen LogP contribution in [0.2, 0.25) is 0 Å². The second-order valence-electron chi connectivity index (χ2n) is 7.30. The quantitative estimate of drug-likeness (QED) is 0.671. The van der Waals surface area contributed by atoms with E-state index in [0.29, 0.717) is 24.4 Å². The predicted molar refractivity (Wildman–Crippen MR) is 113 cm³/mol. The third-order valence-corrected chi connectivity index (χ3v) is 4.65. The molecule has 5 nitrogen and oxygen atoms in total. The molecule has 2 aromatic rings. The topological polar surface area (TPSA) is 50.8 Å². The number of benzene rings is 2. The fourth-order valence-electron chi connectivity index (χ4n) is 3.20. The van der Waals surface area contributed by atoms with Gasteiger partial charge >= 0.3 is 0 Å². The van der Waals surface area contributed by atoms with Crippen molar-refractivity contribution in [2.24, 2.45) is 0 Å². The van der Waals surface area contributed by atoms with Crippen LogP contribution in [0.3, 0.4) is 0 Å². The lowest BCUT2D eigenvalue weighted by molar-refractivity contribution is -0.128. The van der Waals surface area contributed by atoms with Gasteiger partial charge in [-0.1, -0.05) is 30.3 Å². The molecule has 5 heteroatoms. The molecule has 0 aliphatic carbocycles. The minimum atomic E-state index is -0.707. The Morgan fingerprint density at radius 2 is 1.50 bits per heavy atom. The molecule has 2 rings (SSSR count). The number of nitrogens with one attached hydrogen (secondary N) is 1. The number of hydrogen-bond acceptors (Lipinski definition) is 4. The Morgan fingerprint density at radius 1 is 0.929 bits per heavy atom. The molecule has 1 atom stereocenters. The van der Waals surface area contributed by atoms with Gasteiger partial charge in [-0.3, -0.25) is 9.69 Å². The molecule has 1 amide bonds. The normalized spacial score (nSPS) is 12.3. The van der Waals surface area contributed by atoms with Crippen LogP contribution in [0.15, 0.2) is 54.6 Å². The standard InChI is InChI=1S/C23H32N2O3/c1-17(2)25(18(3)4)16-15-24-23(26)22(19-9-7-6-8-10-19)28-21-13-11-20(27-5)12-14-21/h6-14,17-18,22H,15-16H2,1-5H3,(H,24,26). The van der Waals surface area contributed by atoms with Gasteiger partial charge in [-0.25, -0.2) is 0 Å². The van der Waals surface area contributed by atoms with Crippen molar-refractivity contribution >= 4 is 5.91 Å². The summed E-state index contributed by atoms with van der Waals surface area (Å²) in [6.45, 7) is 10.0. The highest BCUT2D eigenvalue weighted by Gasteiger charge is 2.23. The third kappa shape index (κ3) is 6.27.